The maximum absolute atomic E-state index is 11.8. The van der Waals surface area contributed by atoms with E-state index in [1.807, 2.05) is 12.1 Å². The number of benzene rings is 2. The quantitative estimate of drug-likeness (QED) is 0.354. The summed E-state index contributed by atoms with van der Waals surface area (Å²) in [6, 6.07) is 12.7. The van der Waals surface area contributed by atoms with Gasteiger partial charge in [0.05, 0.1) is 13.4 Å². The van der Waals surface area contributed by atoms with Crippen molar-refractivity contribution in [3.63, 3.8) is 0 Å². The molecule has 3 N–H and O–H groups in total. The van der Waals surface area contributed by atoms with E-state index in [0.717, 1.165) is 16.7 Å². The van der Waals surface area contributed by atoms with Crippen LogP contribution in [0.1, 0.15) is 17.4 Å². The van der Waals surface area contributed by atoms with Crippen molar-refractivity contribution < 1.29 is 21.9 Å². The largest absolute Gasteiger partial charge is 0.496 e. The van der Waals surface area contributed by atoms with Gasteiger partial charge in [-0.25, -0.2) is 0 Å². The Bertz CT molecular complexity index is 1100. The molecule has 3 aromatic rings. The lowest BCUT2D eigenvalue weighted by atomic mass is 10.0. The fraction of sp³-hybridized carbons (Fsp3) is 0.167. The van der Waals surface area contributed by atoms with Gasteiger partial charge in [0.1, 0.15) is 23.1 Å². The monoisotopic (exact) mass is 423 g/mol. The Labute approximate surface area is 167 Å². The van der Waals surface area contributed by atoms with E-state index < -0.39 is 22.1 Å². The second-order valence-corrected chi connectivity index (χ2v) is 7.96. The molecule has 0 aliphatic heterocycles. The van der Waals surface area contributed by atoms with Gasteiger partial charge in [0, 0.05) is 16.0 Å². The summed E-state index contributed by atoms with van der Waals surface area (Å²) in [6.07, 6.45) is 0.855. The predicted molar refractivity (Wildman–Crippen MR) is 106 cm³/mol. The Hall–Kier alpha value is -2.75. The van der Waals surface area contributed by atoms with E-state index >= 15 is 0 Å². The van der Waals surface area contributed by atoms with Crippen LogP contribution in [0.5, 0.6) is 5.75 Å². The van der Waals surface area contributed by atoms with Gasteiger partial charge >= 0.3 is 0 Å². The zero-order valence-corrected chi connectivity index (χ0v) is 16.6. The minimum Gasteiger partial charge on any atom is -0.496 e. The van der Waals surface area contributed by atoms with Crippen LogP contribution in [0.25, 0.3) is 11.0 Å². The predicted octanol–water partition coefficient (Wildman–Crippen LogP) is 3.27. The lowest BCUT2D eigenvalue weighted by Gasteiger charge is -2.29. The van der Waals surface area contributed by atoms with Crippen molar-refractivity contribution in [2.75, 3.05) is 13.4 Å². The molecular formula is C18H18ClN3O5S. The van der Waals surface area contributed by atoms with Gasteiger partial charge in [0.25, 0.3) is 10.1 Å². The summed E-state index contributed by atoms with van der Waals surface area (Å²) in [6.45, 7) is 0. The Morgan fingerprint density at radius 1 is 1.25 bits per heavy atom. The van der Waals surface area contributed by atoms with E-state index in [0.29, 0.717) is 27.7 Å². The minimum absolute atomic E-state index is 0.292. The number of nitrogens with two attached hydrogens (primary N) is 1. The number of hydroxylamine groups is 2. The normalized spacial score (nSPS) is 12.7. The van der Waals surface area contributed by atoms with Gasteiger partial charge in [0.2, 0.25) is 5.96 Å². The zero-order chi connectivity index (χ0) is 20.5. The van der Waals surface area contributed by atoms with Crippen molar-refractivity contribution >= 4 is 38.6 Å². The molecule has 3 rings (SSSR count). The van der Waals surface area contributed by atoms with Crippen LogP contribution in [0, 0.1) is 5.41 Å². The van der Waals surface area contributed by atoms with Crippen LogP contribution in [0.2, 0.25) is 5.02 Å². The minimum atomic E-state index is -4.00. The molecule has 0 aliphatic carbocycles. The molecule has 1 atom stereocenters. The number of nitrogens with one attached hydrogen (secondary N) is 1. The second-order valence-electron chi connectivity index (χ2n) is 5.97. The van der Waals surface area contributed by atoms with E-state index in [1.165, 1.54) is 7.11 Å². The summed E-state index contributed by atoms with van der Waals surface area (Å²) in [5.74, 6) is 0.0386. The molecule has 0 spiro atoms. The molecule has 1 heterocycles. The first kappa shape index (κ1) is 20.0. The van der Waals surface area contributed by atoms with E-state index in [9.17, 15) is 8.42 Å². The number of furan rings is 1. The highest BCUT2D eigenvalue weighted by Crippen LogP contribution is 2.39. The standard InChI is InChI=1S/C18H18ClN3O5S/c1-25-15-8-7-12(19)10-13(15)17(22(18(20)21)27-28(2,23)24)16-9-11-5-3-4-6-14(11)26-16/h3-10,17H,1-2H3,(H3,20,21). The van der Waals surface area contributed by atoms with Crippen molar-refractivity contribution in [3.05, 3.63) is 64.9 Å². The highest BCUT2D eigenvalue weighted by Gasteiger charge is 2.33. The fourth-order valence-corrected chi connectivity index (χ4v) is 3.46. The average Bonchev–Trinajstić information content (AvgIpc) is 3.04. The molecule has 28 heavy (non-hydrogen) atoms. The van der Waals surface area contributed by atoms with E-state index in [2.05, 4.69) is 0 Å². The Morgan fingerprint density at radius 2 is 1.96 bits per heavy atom. The second kappa shape index (κ2) is 7.70. The van der Waals surface area contributed by atoms with Crippen LogP contribution in [0.15, 0.2) is 52.9 Å². The molecule has 1 unspecified atom stereocenters. The van der Waals surface area contributed by atoms with Crippen molar-refractivity contribution in [3.8, 4) is 5.75 Å². The number of hydrogen-bond acceptors (Lipinski definition) is 6. The Balaban J connectivity index is 2.26. The van der Waals surface area contributed by atoms with Gasteiger partial charge in [0.15, 0.2) is 0 Å². The average molecular weight is 424 g/mol. The summed E-state index contributed by atoms with van der Waals surface area (Å²) in [4.78, 5) is 0. The van der Waals surface area contributed by atoms with Crippen LogP contribution in [-0.4, -0.2) is 32.8 Å². The highest BCUT2D eigenvalue weighted by molar-refractivity contribution is 7.85. The summed E-state index contributed by atoms with van der Waals surface area (Å²) in [5, 5.41) is 9.77. The summed E-state index contributed by atoms with van der Waals surface area (Å²) < 4.78 is 39.9. The molecule has 10 heteroatoms. The number of para-hydroxylation sites is 1. The van der Waals surface area contributed by atoms with Crippen molar-refractivity contribution in [1.82, 2.24) is 5.06 Å². The summed E-state index contributed by atoms with van der Waals surface area (Å²) in [7, 11) is -2.54. The maximum Gasteiger partial charge on any atom is 0.285 e. The molecular weight excluding hydrogens is 406 g/mol. The first-order valence-electron chi connectivity index (χ1n) is 8.04. The third-order valence-electron chi connectivity index (χ3n) is 3.89. The number of halogens is 1. The van der Waals surface area contributed by atoms with Gasteiger partial charge in [-0.05, 0) is 30.3 Å². The molecule has 0 aliphatic rings. The van der Waals surface area contributed by atoms with Crippen LogP contribution in [-0.2, 0) is 14.4 Å². The zero-order valence-electron chi connectivity index (χ0n) is 15.0. The number of guanidine groups is 1. The number of ether oxygens (including phenoxy) is 1. The molecule has 0 amide bonds. The SMILES string of the molecule is COc1ccc(Cl)cc1C(c1cc2ccccc2o1)N(OS(C)(=O)=O)C(=N)N. The lowest BCUT2D eigenvalue weighted by molar-refractivity contribution is -0.00986. The molecule has 0 saturated carbocycles. The third-order valence-corrected chi connectivity index (χ3v) is 4.55. The molecule has 8 nitrogen and oxygen atoms in total. The molecule has 0 radical (unpaired) electrons. The summed E-state index contributed by atoms with van der Waals surface area (Å²) >= 11 is 6.15. The maximum atomic E-state index is 11.8. The number of hydrogen-bond donors (Lipinski definition) is 2. The summed E-state index contributed by atoms with van der Waals surface area (Å²) in [5.41, 5.74) is 6.63. The van der Waals surface area contributed by atoms with E-state index in [1.54, 1.807) is 36.4 Å². The molecule has 1 aromatic heterocycles. The van der Waals surface area contributed by atoms with Crippen molar-refractivity contribution in [2.45, 2.75) is 6.04 Å². The number of nitrogens with zero attached hydrogens (tertiary/aromatic N) is 1. The third kappa shape index (κ3) is 4.22. The van der Waals surface area contributed by atoms with Gasteiger partial charge < -0.3 is 14.9 Å². The van der Waals surface area contributed by atoms with Gasteiger partial charge in [-0.1, -0.05) is 29.8 Å². The van der Waals surface area contributed by atoms with Crippen LogP contribution in [0.4, 0.5) is 0 Å². The van der Waals surface area contributed by atoms with Crippen LogP contribution >= 0.6 is 11.6 Å². The number of fused-ring (bicyclic) bond motifs is 1. The smallest absolute Gasteiger partial charge is 0.285 e. The Morgan fingerprint density at radius 3 is 2.57 bits per heavy atom. The molecule has 0 bridgehead atoms. The first-order valence-corrected chi connectivity index (χ1v) is 10.2. The molecule has 0 fully saturated rings. The van der Waals surface area contributed by atoms with Gasteiger partial charge in [-0.3, -0.25) is 5.41 Å². The van der Waals surface area contributed by atoms with E-state index in [-0.39, 0.29) is 0 Å². The topological polar surface area (TPSA) is 119 Å². The van der Waals surface area contributed by atoms with Crippen molar-refractivity contribution in [1.29, 1.82) is 5.41 Å². The molecule has 148 valence electrons. The number of methoxy groups -OCH3 is 1. The molecule has 0 saturated heterocycles. The Kier molecular flexibility index (Phi) is 5.50. The van der Waals surface area contributed by atoms with E-state index in [4.69, 9.17) is 36.2 Å². The highest BCUT2D eigenvalue weighted by atomic mass is 35.5. The fourth-order valence-electron chi connectivity index (χ4n) is 2.82. The number of rotatable bonds is 6. The first-order chi connectivity index (χ1) is 13.2. The van der Waals surface area contributed by atoms with Crippen LogP contribution < -0.4 is 10.5 Å². The molecule has 2 aromatic carbocycles. The lowest BCUT2D eigenvalue weighted by Crippen LogP contribution is -2.41. The van der Waals surface area contributed by atoms with Gasteiger partial charge in [-0.2, -0.15) is 13.5 Å². The van der Waals surface area contributed by atoms with Crippen LogP contribution in [0.3, 0.4) is 0 Å². The van der Waals surface area contributed by atoms with Gasteiger partial charge in [-0.15, -0.1) is 4.28 Å². The van der Waals surface area contributed by atoms with Crippen molar-refractivity contribution in [2.24, 2.45) is 5.73 Å².